The lowest BCUT2D eigenvalue weighted by Crippen LogP contribution is -2.37. The van der Waals surface area contributed by atoms with Gasteiger partial charge in [-0.2, -0.15) is 12.7 Å². The Balaban J connectivity index is 2.89. The second-order valence-electron chi connectivity index (χ2n) is 4.56. The fraction of sp³-hybridized carbons (Fsp3) is 0.462. The molecule has 0 fully saturated rings. The lowest BCUT2D eigenvalue weighted by Gasteiger charge is -2.23. The molecule has 0 bridgehead atoms. The molecule has 0 heterocycles. The number of rotatable bonds is 6. The highest BCUT2D eigenvalue weighted by atomic mass is 32.2. The summed E-state index contributed by atoms with van der Waals surface area (Å²) in [6, 6.07) is 6.45. The largest absolute Gasteiger partial charge is 0.352 e. The van der Waals surface area contributed by atoms with Crippen LogP contribution in [0.15, 0.2) is 24.3 Å². The van der Waals surface area contributed by atoms with Gasteiger partial charge in [-0.05, 0) is 30.7 Å². The third-order valence-electron chi connectivity index (χ3n) is 2.84. The molecule has 1 N–H and O–H groups in total. The van der Waals surface area contributed by atoms with Crippen molar-refractivity contribution in [1.82, 2.24) is 9.62 Å². The van der Waals surface area contributed by atoms with Crippen molar-refractivity contribution in [2.75, 3.05) is 32.0 Å². The SMILES string of the molecule is CCCNC(=O)c1ccc(N(C)S(=O)(=O)N(C)C)cc1. The molecule has 0 aliphatic carbocycles. The van der Waals surface area contributed by atoms with E-state index >= 15 is 0 Å². The average molecular weight is 299 g/mol. The van der Waals surface area contributed by atoms with Crippen LogP contribution in [0, 0.1) is 0 Å². The van der Waals surface area contributed by atoms with Crippen molar-refractivity contribution in [3.05, 3.63) is 29.8 Å². The third kappa shape index (κ3) is 3.71. The first-order valence-electron chi connectivity index (χ1n) is 6.35. The van der Waals surface area contributed by atoms with Crippen LogP contribution in [0.4, 0.5) is 5.69 Å². The molecular weight excluding hydrogens is 278 g/mol. The fourth-order valence-corrected chi connectivity index (χ4v) is 2.42. The van der Waals surface area contributed by atoms with Crippen molar-refractivity contribution < 1.29 is 13.2 Å². The first-order valence-corrected chi connectivity index (χ1v) is 7.75. The molecule has 1 amide bonds. The van der Waals surface area contributed by atoms with Gasteiger partial charge in [-0.15, -0.1) is 0 Å². The highest BCUT2D eigenvalue weighted by Gasteiger charge is 2.20. The van der Waals surface area contributed by atoms with Crippen LogP contribution in [0.5, 0.6) is 0 Å². The van der Waals surface area contributed by atoms with E-state index in [-0.39, 0.29) is 5.91 Å². The second kappa shape index (κ2) is 6.71. The van der Waals surface area contributed by atoms with E-state index in [0.717, 1.165) is 10.7 Å². The van der Waals surface area contributed by atoms with Gasteiger partial charge in [0.2, 0.25) is 0 Å². The normalized spacial score (nSPS) is 11.4. The molecule has 0 aliphatic rings. The Hall–Kier alpha value is -1.60. The van der Waals surface area contributed by atoms with Gasteiger partial charge in [-0.3, -0.25) is 9.10 Å². The van der Waals surface area contributed by atoms with Gasteiger partial charge in [0.25, 0.3) is 5.91 Å². The van der Waals surface area contributed by atoms with Crippen LogP contribution in [0.2, 0.25) is 0 Å². The summed E-state index contributed by atoms with van der Waals surface area (Å²) in [4.78, 5) is 11.7. The summed E-state index contributed by atoms with van der Waals surface area (Å²) in [5.74, 6) is -0.156. The summed E-state index contributed by atoms with van der Waals surface area (Å²) in [6.07, 6.45) is 0.869. The van der Waals surface area contributed by atoms with Crippen molar-refractivity contribution in [3.8, 4) is 0 Å². The maximum atomic E-state index is 12.0. The van der Waals surface area contributed by atoms with E-state index in [2.05, 4.69) is 5.32 Å². The molecule has 0 unspecified atom stereocenters. The Morgan fingerprint density at radius 3 is 2.15 bits per heavy atom. The summed E-state index contributed by atoms with van der Waals surface area (Å²) in [7, 11) is 0.904. The highest BCUT2D eigenvalue weighted by Crippen LogP contribution is 2.18. The highest BCUT2D eigenvalue weighted by molar-refractivity contribution is 7.90. The number of nitrogens with one attached hydrogen (secondary N) is 1. The van der Waals surface area contributed by atoms with Crippen LogP contribution in [-0.4, -0.2) is 46.3 Å². The number of carbonyl (C=O) groups excluding carboxylic acids is 1. The van der Waals surface area contributed by atoms with Crippen LogP contribution >= 0.6 is 0 Å². The van der Waals surface area contributed by atoms with E-state index in [0.29, 0.717) is 17.8 Å². The number of amides is 1. The van der Waals surface area contributed by atoms with Gasteiger partial charge in [0.05, 0.1) is 5.69 Å². The summed E-state index contributed by atoms with van der Waals surface area (Å²) < 4.78 is 26.2. The molecule has 0 spiro atoms. The predicted molar refractivity (Wildman–Crippen MR) is 80.1 cm³/mol. The molecule has 0 saturated heterocycles. The van der Waals surface area contributed by atoms with Crippen molar-refractivity contribution >= 4 is 21.8 Å². The first kappa shape index (κ1) is 16.5. The van der Waals surface area contributed by atoms with E-state index in [1.54, 1.807) is 24.3 Å². The zero-order chi connectivity index (χ0) is 15.3. The first-order chi connectivity index (χ1) is 9.30. The minimum absolute atomic E-state index is 0.156. The molecule has 1 rings (SSSR count). The van der Waals surface area contributed by atoms with E-state index in [4.69, 9.17) is 0 Å². The van der Waals surface area contributed by atoms with Gasteiger partial charge in [-0.1, -0.05) is 6.92 Å². The summed E-state index contributed by atoms with van der Waals surface area (Å²) in [5, 5.41) is 2.77. The predicted octanol–water partition coefficient (Wildman–Crippen LogP) is 1.07. The molecule has 0 radical (unpaired) electrons. The summed E-state index contributed by atoms with van der Waals surface area (Å²) in [5.41, 5.74) is 1.02. The number of benzene rings is 1. The smallest absolute Gasteiger partial charge is 0.303 e. The molecule has 1 aromatic rings. The van der Waals surface area contributed by atoms with Crippen molar-refractivity contribution in [3.63, 3.8) is 0 Å². The molecule has 1 aromatic carbocycles. The molecule has 0 aromatic heterocycles. The van der Waals surface area contributed by atoms with Gasteiger partial charge in [-0.25, -0.2) is 0 Å². The van der Waals surface area contributed by atoms with Crippen LogP contribution in [0.3, 0.4) is 0 Å². The molecule has 0 atom stereocenters. The minimum atomic E-state index is -3.51. The fourth-order valence-electron chi connectivity index (χ4n) is 1.54. The Kier molecular flexibility index (Phi) is 5.52. The summed E-state index contributed by atoms with van der Waals surface area (Å²) in [6.45, 7) is 2.60. The minimum Gasteiger partial charge on any atom is -0.352 e. The molecular formula is C13H21N3O3S. The third-order valence-corrected chi connectivity index (χ3v) is 4.66. The molecule has 20 heavy (non-hydrogen) atoms. The molecule has 112 valence electrons. The zero-order valence-electron chi connectivity index (χ0n) is 12.3. The number of carbonyl (C=O) groups is 1. The molecule has 6 nitrogen and oxygen atoms in total. The maximum absolute atomic E-state index is 12.0. The lowest BCUT2D eigenvalue weighted by atomic mass is 10.2. The second-order valence-corrected chi connectivity index (χ2v) is 6.73. The quantitative estimate of drug-likeness (QED) is 0.854. The standard InChI is InChI=1S/C13H21N3O3S/c1-5-10-14-13(17)11-6-8-12(9-7-11)16(4)20(18,19)15(2)3/h6-9H,5,10H2,1-4H3,(H,14,17). The lowest BCUT2D eigenvalue weighted by molar-refractivity contribution is 0.0953. The van der Waals surface area contributed by atoms with E-state index in [1.807, 2.05) is 6.92 Å². The van der Waals surface area contributed by atoms with Crippen molar-refractivity contribution in [2.45, 2.75) is 13.3 Å². The van der Waals surface area contributed by atoms with E-state index in [1.165, 1.54) is 25.4 Å². The van der Waals surface area contributed by atoms with Gasteiger partial charge in [0, 0.05) is 33.3 Å². The van der Waals surface area contributed by atoms with Gasteiger partial charge < -0.3 is 5.32 Å². The topological polar surface area (TPSA) is 69.7 Å². The molecule has 7 heteroatoms. The van der Waals surface area contributed by atoms with Crippen molar-refractivity contribution in [1.29, 1.82) is 0 Å². The average Bonchev–Trinajstić information content (AvgIpc) is 2.43. The van der Waals surface area contributed by atoms with Gasteiger partial charge in [0.1, 0.15) is 0 Å². The Morgan fingerprint density at radius 2 is 1.70 bits per heavy atom. The Morgan fingerprint density at radius 1 is 1.15 bits per heavy atom. The van der Waals surface area contributed by atoms with Crippen LogP contribution < -0.4 is 9.62 Å². The monoisotopic (exact) mass is 299 g/mol. The number of nitrogens with zero attached hydrogens (tertiary/aromatic N) is 2. The van der Waals surface area contributed by atoms with Crippen molar-refractivity contribution in [2.24, 2.45) is 0 Å². The van der Waals surface area contributed by atoms with Crippen LogP contribution in [0.25, 0.3) is 0 Å². The number of hydrogen-bond acceptors (Lipinski definition) is 3. The maximum Gasteiger partial charge on any atom is 0.303 e. The molecule has 0 saturated carbocycles. The van der Waals surface area contributed by atoms with E-state index < -0.39 is 10.2 Å². The van der Waals surface area contributed by atoms with Crippen LogP contribution in [-0.2, 0) is 10.2 Å². The van der Waals surface area contributed by atoms with Gasteiger partial charge >= 0.3 is 10.2 Å². The molecule has 0 aliphatic heterocycles. The Bertz CT molecular complexity index is 553. The van der Waals surface area contributed by atoms with Crippen LogP contribution in [0.1, 0.15) is 23.7 Å². The number of hydrogen-bond donors (Lipinski definition) is 1. The summed E-state index contributed by atoms with van der Waals surface area (Å²) >= 11 is 0. The zero-order valence-corrected chi connectivity index (χ0v) is 13.1. The van der Waals surface area contributed by atoms with E-state index in [9.17, 15) is 13.2 Å². The van der Waals surface area contributed by atoms with Gasteiger partial charge in [0.15, 0.2) is 0 Å². The Labute approximate surface area is 120 Å². The number of anilines is 1.